The van der Waals surface area contributed by atoms with E-state index in [-0.39, 0.29) is 5.69 Å². The molecule has 0 saturated heterocycles. The Hall–Kier alpha value is -1.72. The fourth-order valence-electron chi connectivity index (χ4n) is 2.15. The third-order valence-corrected chi connectivity index (χ3v) is 3.40. The average molecular weight is 328 g/mol. The summed E-state index contributed by atoms with van der Waals surface area (Å²) < 4.78 is 29.0. The highest BCUT2D eigenvalue weighted by molar-refractivity contribution is 6.31. The number of benzene rings is 1. The van der Waals surface area contributed by atoms with Gasteiger partial charge in [-0.3, -0.25) is 4.57 Å². The SMILES string of the molecule is Fc1ccc(F)c(-n2c(CCCl)nc3cc(Cl)cnc32)c1. The van der Waals surface area contributed by atoms with Crippen LogP contribution in [0.2, 0.25) is 5.02 Å². The first-order valence-electron chi connectivity index (χ1n) is 6.14. The molecule has 0 bridgehead atoms. The van der Waals surface area contributed by atoms with Gasteiger partial charge >= 0.3 is 0 Å². The second kappa shape index (κ2) is 5.58. The van der Waals surface area contributed by atoms with Crippen LogP contribution in [0, 0.1) is 11.6 Å². The molecule has 0 atom stereocenters. The minimum Gasteiger partial charge on any atom is -0.278 e. The van der Waals surface area contributed by atoms with Crippen molar-refractivity contribution in [1.29, 1.82) is 0 Å². The highest BCUT2D eigenvalue weighted by Crippen LogP contribution is 2.25. The predicted octanol–water partition coefficient (Wildman–Crippen LogP) is 4.13. The number of aromatic nitrogens is 3. The van der Waals surface area contributed by atoms with Gasteiger partial charge in [-0.05, 0) is 18.2 Å². The van der Waals surface area contributed by atoms with Crippen LogP contribution in [0.15, 0.2) is 30.5 Å². The van der Waals surface area contributed by atoms with E-state index < -0.39 is 11.6 Å². The topological polar surface area (TPSA) is 30.7 Å². The molecule has 0 radical (unpaired) electrons. The number of nitrogens with zero attached hydrogens (tertiary/aromatic N) is 3. The summed E-state index contributed by atoms with van der Waals surface area (Å²) in [5.41, 5.74) is 0.961. The number of rotatable bonds is 3. The molecule has 21 heavy (non-hydrogen) atoms. The van der Waals surface area contributed by atoms with Gasteiger partial charge in [0.15, 0.2) is 5.65 Å². The zero-order valence-electron chi connectivity index (χ0n) is 10.7. The van der Waals surface area contributed by atoms with E-state index in [0.29, 0.717) is 34.3 Å². The molecule has 0 amide bonds. The summed E-state index contributed by atoms with van der Waals surface area (Å²) in [6, 6.07) is 4.85. The Labute approximate surface area is 129 Å². The summed E-state index contributed by atoms with van der Waals surface area (Å²) >= 11 is 11.6. The highest BCUT2D eigenvalue weighted by atomic mass is 35.5. The monoisotopic (exact) mass is 327 g/mol. The first kappa shape index (κ1) is 14.2. The molecular weight excluding hydrogens is 319 g/mol. The van der Waals surface area contributed by atoms with Crippen molar-refractivity contribution in [2.45, 2.75) is 6.42 Å². The Balaban J connectivity index is 2.33. The lowest BCUT2D eigenvalue weighted by atomic mass is 10.2. The van der Waals surface area contributed by atoms with Crippen LogP contribution in [0.25, 0.3) is 16.9 Å². The molecule has 0 aliphatic carbocycles. The number of alkyl halides is 1. The third-order valence-electron chi connectivity index (χ3n) is 3.00. The number of halogens is 4. The zero-order valence-corrected chi connectivity index (χ0v) is 12.2. The van der Waals surface area contributed by atoms with Crippen LogP contribution in [0.4, 0.5) is 8.78 Å². The molecule has 7 heteroatoms. The van der Waals surface area contributed by atoms with Gasteiger partial charge in [-0.1, -0.05) is 11.6 Å². The van der Waals surface area contributed by atoms with E-state index >= 15 is 0 Å². The van der Waals surface area contributed by atoms with Crippen molar-refractivity contribution < 1.29 is 8.78 Å². The molecule has 0 aliphatic rings. The van der Waals surface area contributed by atoms with Crippen molar-refractivity contribution in [3.63, 3.8) is 0 Å². The van der Waals surface area contributed by atoms with E-state index in [1.807, 2.05) is 0 Å². The molecule has 0 N–H and O–H groups in total. The molecule has 0 spiro atoms. The minimum atomic E-state index is -0.566. The van der Waals surface area contributed by atoms with E-state index in [9.17, 15) is 8.78 Å². The predicted molar refractivity (Wildman–Crippen MR) is 78.2 cm³/mol. The van der Waals surface area contributed by atoms with Crippen LogP contribution < -0.4 is 0 Å². The van der Waals surface area contributed by atoms with Crippen molar-refractivity contribution >= 4 is 34.4 Å². The average Bonchev–Trinajstić information content (AvgIpc) is 2.79. The minimum absolute atomic E-state index is 0.0486. The Morgan fingerprint density at radius 1 is 1.19 bits per heavy atom. The molecule has 108 valence electrons. The van der Waals surface area contributed by atoms with E-state index in [2.05, 4.69) is 9.97 Å². The lowest BCUT2D eigenvalue weighted by molar-refractivity contribution is 0.591. The van der Waals surface area contributed by atoms with Crippen LogP contribution in [0.1, 0.15) is 5.82 Å². The molecule has 2 heterocycles. The van der Waals surface area contributed by atoms with E-state index in [0.717, 1.165) is 18.2 Å². The molecule has 3 rings (SSSR count). The summed E-state index contributed by atoms with van der Waals surface area (Å²) in [7, 11) is 0. The van der Waals surface area contributed by atoms with Crippen molar-refractivity contribution in [2.75, 3.05) is 5.88 Å². The maximum Gasteiger partial charge on any atom is 0.164 e. The summed E-state index contributed by atoms with van der Waals surface area (Å²) in [6.07, 6.45) is 1.83. The molecule has 0 fully saturated rings. The maximum atomic E-state index is 14.1. The largest absolute Gasteiger partial charge is 0.278 e. The van der Waals surface area contributed by atoms with Gasteiger partial charge in [-0.25, -0.2) is 18.7 Å². The van der Waals surface area contributed by atoms with Crippen LogP contribution in [-0.2, 0) is 6.42 Å². The number of fused-ring (bicyclic) bond motifs is 1. The van der Waals surface area contributed by atoms with Crippen LogP contribution in [-0.4, -0.2) is 20.4 Å². The second-order valence-corrected chi connectivity index (χ2v) is 5.21. The van der Waals surface area contributed by atoms with Gasteiger partial charge in [0.05, 0.1) is 10.7 Å². The van der Waals surface area contributed by atoms with Gasteiger partial charge < -0.3 is 0 Å². The standard InChI is InChI=1S/C14H9Cl2F2N3/c15-4-3-13-20-11-5-8(16)7-19-14(11)21(13)12-6-9(17)1-2-10(12)18/h1-2,5-7H,3-4H2. The summed E-state index contributed by atoms with van der Waals surface area (Å²) in [5.74, 6) is -0.310. The zero-order chi connectivity index (χ0) is 15.0. The summed E-state index contributed by atoms with van der Waals surface area (Å²) in [6.45, 7) is 0. The Bertz CT molecular complexity index is 817. The number of hydrogen-bond donors (Lipinski definition) is 0. The fourth-order valence-corrected chi connectivity index (χ4v) is 2.47. The first-order chi connectivity index (χ1) is 10.1. The summed E-state index contributed by atoms with van der Waals surface area (Å²) in [5, 5.41) is 0.421. The third kappa shape index (κ3) is 2.59. The molecule has 3 nitrogen and oxygen atoms in total. The lowest BCUT2D eigenvalue weighted by Gasteiger charge is -2.09. The van der Waals surface area contributed by atoms with Crippen LogP contribution in [0.5, 0.6) is 0 Å². The van der Waals surface area contributed by atoms with Crippen molar-refractivity contribution in [1.82, 2.24) is 14.5 Å². The van der Waals surface area contributed by atoms with Crippen molar-refractivity contribution in [3.05, 3.63) is 52.9 Å². The van der Waals surface area contributed by atoms with Crippen LogP contribution >= 0.6 is 23.2 Å². The van der Waals surface area contributed by atoms with E-state index in [1.165, 1.54) is 10.8 Å². The second-order valence-electron chi connectivity index (χ2n) is 4.39. The highest BCUT2D eigenvalue weighted by Gasteiger charge is 2.17. The molecule has 0 aliphatic heterocycles. The summed E-state index contributed by atoms with van der Waals surface area (Å²) in [4.78, 5) is 8.52. The Morgan fingerprint density at radius 2 is 2.00 bits per heavy atom. The Kier molecular flexibility index (Phi) is 3.78. The van der Waals surface area contributed by atoms with E-state index in [4.69, 9.17) is 23.2 Å². The molecular formula is C14H9Cl2F2N3. The molecule has 0 unspecified atom stereocenters. The van der Waals surface area contributed by atoms with Crippen molar-refractivity contribution in [3.8, 4) is 5.69 Å². The van der Waals surface area contributed by atoms with Gasteiger partial charge in [0.1, 0.15) is 23.0 Å². The fraction of sp³-hybridized carbons (Fsp3) is 0.143. The normalized spacial score (nSPS) is 11.2. The number of aryl methyl sites for hydroxylation is 1. The van der Waals surface area contributed by atoms with Gasteiger partial charge in [0, 0.05) is 24.6 Å². The quantitative estimate of drug-likeness (QED) is 0.677. The van der Waals surface area contributed by atoms with Gasteiger partial charge in [0.2, 0.25) is 0 Å². The maximum absolute atomic E-state index is 14.1. The van der Waals surface area contributed by atoms with Gasteiger partial charge in [0.25, 0.3) is 0 Å². The Morgan fingerprint density at radius 3 is 2.76 bits per heavy atom. The molecule has 2 aromatic heterocycles. The molecule has 0 saturated carbocycles. The lowest BCUT2D eigenvalue weighted by Crippen LogP contribution is -2.05. The smallest absolute Gasteiger partial charge is 0.164 e. The van der Waals surface area contributed by atoms with Crippen LogP contribution in [0.3, 0.4) is 0 Å². The van der Waals surface area contributed by atoms with Gasteiger partial charge in [-0.2, -0.15) is 0 Å². The first-order valence-corrected chi connectivity index (χ1v) is 7.05. The van der Waals surface area contributed by atoms with Gasteiger partial charge in [-0.15, -0.1) is 11.6 Å². The number of imidazole rings is 1. The number of hydrogen-bond acceptors (Lipinski definition) is 2. The van der Waals surface area contributed by atoms with Crippen molar-refractivity contribution in [2.24, 2.45) is 0 Å². The molecule has 3 aromatic rings. The van der Waals surface area contributed by atoms with E-state index in [1.54, 1.807) is 6.07 Å². The molecule has 1 aromatic carbocycles. The number of pyridine rings is 1.